The minimum absolute atomic E-state index is 0.230. The fraction of sp³-hybridized carbons (Fsp3) is 0.455. The molecule has 1 rings (SSSR count). The van der Waals surface area contributed by atoms with Crippen LogP contribution in [-0.2, 0) is 6.42 Å². The van der Waals surface area contributed by atoms with Crippen molar-refractivity contribution < 1.29 is 0 Å². The second-order valence-corrected chi connectivity index (χ2v) is 4.45. The molecule has 0 radical (unpaired) electrons. The van der Waals surface area contributed by atoms with Crippen LogP contribution in [0, 0.1) is 13.8 Å². The van der Waals surface area contributed by atoms with Crippen LogP contribution in [0.15, 0.2) is 16.6 Å². The molecule has 0 fully saturated rings. The summed E-state index contributed by atoms with van der Waals surface area (Å²) in [5.74, 6) is 0. The maximum Gasteiger partial charge on any atom is 0.0236 e. The molecule has 0 saturated heterocycles. The first kappa shape index (κ1) is 10.7. The Morgan fingerprint density at radius 3 is 2.54 bits per heavy atom. The van der Waals surface area contributed by atoms with Crippen LogP contribution in [0.4, 0.5) is 0 Å². The first-order valence-corrected chi connectivity index (χ1v) is 5.32. The van der Waals surface area contributed by atoms with E-state index in [1.807, 2.05) is 6.92 Å². The second-order valence-electron chi connectivity index (χ2n) is 3.66. The van der Waals surface area contributed by atoms with Gasteiger partial charge in [0.1, 0.15) is 0 Å². The predicted octanol–water partition coefficient (Wildman–Crippen LogP) is 2.96. The van der Waals surface area contributed by atoms with Crippen molar-refractivity contribution in [3.8, 4) is 0 Å². The highest BCUT2D eigenvalue weighted by molar-refractivity contribution is 9.10. The maximum atomic E-state index is 5.77. The lowest BCUT2D eigenvalue weighted by Gasteiger charge is -2.11. The number of nitrogens with two attached hydrogens (primary N) is 1. The van der Waals surface area contributed by atoms with E-state index in [1.165, 1.54) is 21.2 Å². The van der Waals surface area contributed by atoms with Gasteiger partial charge in [0.15, 0.2) is 0 Å². The predicted molar refractivity (Wildman–Crippen MR) is 61.0 cm³/mol. The van der Waals surface area contributed by atoms with Crippen molar-refractivity contribution in [2.75, 3.05) is 0 Å². The summed E-state index contributed by atoms with van der Waals surface area (Å²) in [4.78, 5) is 0. The highest BCUT2D eigenvalue weighted by Crippen LogP contribution is 2.24. The maximum absolute atomic E-state index is 5.77. The van der Waals surface area contributed by atoms with Gasteiger partial charge in [0.25, 0.3) is 0 Å². The molecule has 2 N–H and O–H groups in total. The fourth-order valence-corrected chi connectivity index (χ4v) is 1.82. The second kappa shape index (κ2) is 4.25. The molecule has 0 aliphatic rings. The first-order valence-electron chi connectivity index (χ1n) is 4.52. The normalized spacial score (nSPS) is 13.0. The van der Waals surface area contributed by atoms with E-state index >= 15 is 0 Å². The third-order valence-electron chi connectivity index (χ3n) is 2.23. The van der Waals surface area contributed by atoms with E-state index in [-0.39, 0.29) is 6.04 Å². The van der Waals surface area contributed by atoms with E-state index in [0.717, 1.165) is 6.42 Å². The highest BCUT2D eigenvalue weighted by atomic mass is 79.9. The number of halogens is 1. The van der Waals surface area contributed by atoms with Crippen molar-refractivity contribution in [1.82, 2.24) is 0 Å². The molecule has 0 amide bonds. The number of hydrogen-bond acceptors (Lipinski definition) is 1. The quantitative estimate of drug-likeness (QED) is 0.847. The van der Waals surface area contributed by atoms with E-state index in [0.29, 0.717) is 0 Å². The molecule has 1 atom stereocenters. The van der Waals surface area contributed by atoms with Gasteiger partial charge in [0.05, 0.1) is 0 Å². The van der Waals surface area contributed by atoms with E-state index in [2.05, 4.69) is 41.9 Å². The van der Waals surface area contributed by atoms with Crippen molar-refractivity contribution in [2.24, 2.45) is 5.73 Å². The first-order chi connectivity index (χ1) is 6.02. The largest absolute Gasteiger partial charge is 0.328 e. The topological polar surface area (TPSA) is 26.0 Å². The molecule has 0 saturated carbocycles. The zero-order chi connectivity index (χ0) is 10.0. The number of benzene rings is 1. The van der Waals surface area contributed by atoms with Crippen molar-refractivity contribution in [2.45, 2.75) is 33.2 Å². The van der Waals surface area contributed by atoms with Gasteiger partial charge in [-0.3, -0.25) is 0 Å². The molecule has 0 bridgehead atoms. The van der Waals surface area contributed by atoms with Crippen LogP contribution >= 0.6 is 15.9 Å². The highest BCUT2D eigenvalue weighted by Gasteiger charge is 2.06. The van der Waals surface area contributed by atoms with E-state index in [9.17, 15) is 0 Å². The van der Waals surface area contributed by atoms with Crippen LogP contribution < -0.4 is 5.73 Å². The fourth-order valence-electron chi connectivity index (χ4n) is 1.43. The molecule has 13 heavy (non-hydrogen) atoms. The smallest absolute Gasteiger partial charge is 0.0236 e. The van der Waals surface area contributed by atoms with Gasteiger partial charge in [0.2, 0.25) is 0 Å². The average Bonchev–Trinajstić information content (AvgIpc) is 2.06. The summed E-state index contributed by atoms with van der Waals surface area (Å²) in [6.45, 7) is 6.27. The Labute approximate surface area is 88.5 Å². The zero-order valence-corrected chi connectivity index (χ0v) is 9.98. The van der Waals surface area contributed by atoms with Crippen LogP contribution in [-0.4, -0.2) is 6.04 Å². The van der Waals surface area contributed by atoms with Crippen molar-refractivity contribution in [3.05, 3.63) is 33.3 Å². The Morgan fingerprint density at radius 1 is 1.38 bits per heavy atom. The van der Waals surface area contributed by atoms with Crippen LogP contribution in [0.1, 0.15) is 23.6 Å². The van der Waals surface area contributed by atoms with Crippen molar-refractivity contribution in [1.29, 1.82) is 0 Å². The summed E-state index contributed by atoms with van der Waals surface area (Å²) in [7, 11) is 0. The van der Waals surface area contributed by atoms with Gasteiger partial charge in [-0.25, -0.2) is 0 Å². The lowest BCUT2D eigenvalue weighted by molar-refractivity contribution is 0.734. The standard InChI is InChI=1S/C11H16BrN/c1-7-4-5-10(6-8(2)13)9(3)11(7)12/h4-5,8H,6,13H2,1-3H3/t8-/m1/s1. The molecule has 0 unspecified atom stereocenters. The Morgan fingerprint density at radius 2 is 2.00 bits per heavy atom. The molecule has 72 valence electrons. The van der Waals surface area contributed by atoms with E-state index in [4.69, 9.17) is 5.73 Å². The number of rotatable bonds is 2. The molecular formula is C11H16BrN. The Balaban J connectivity index is 3.04. The van der Waals surface area contributed by atoms with Crippen LogP contribution in [0.25, 0.3) is 0 Å². The summed E-state index contributed by atoms with van der Waals surface area (Å²) in [5, 5.41) is 0. The molecule has 1 aromatic rings. The SMILES string of the molecule is Cc1ccc(C[C@@H](C)N)c(C)c1Br. The van der Waals surface area contributed by atoms with Gasteiger partial charge in [-0.05, 0) is 43.9 Å². The van der Waals surface area contributed by atoms with Crippen LogP contribution in [0.5, 0.6) is 0 Å². The lowest BCUT2D eigenvalue weighted by atomic mass is 10.0. The number of hydrogen-bond donors (Lipinski definition) is 1. The third-order valence-corrected chi connectivity index (χ3v) is 3.45. The van der Waals surface area contributed by atoms with Crippen LogP contribution in [0.2, 0.25) is 0 Å². The van der Waals surface area contributed by atoms with Gasteiger partial charge >= 0.3 is 0 Å². The van der Waals surface area contributed by atoms with Crippen molar-refractivity contribution >= 4 is 15.9 Å². The molecule has 0 heterocycles. The molecule has 0 aliphatic carbocycles. The zero-order valence-electron chi connectivity index (χ0n) is 8.39. The molecule has 1 nitrogen and oxygen atoms in total. The molecule has 1 aromatic carbocycles. The van der Waals surface area contributed by atoms with Gasteiger partial charge in [-0.1, -0.05) is 28.1 Å². The summed E-state index contributed by atoms with van der Waals surface area (Å²) < 4.78 is 1.21. The van der Waals surface area contributed by atoms with Gasteiger partial charge < -0.3 is 5.73 Å². The minimum Gasteiger partial charge on any atom is -0.328 e. The summed E-state index contributed by atoms with van der Waals surface area (Å²) in [6, 6.07) is 4.53. The van der Waals surface area contributed by atoms with Gasteiger partial charge in [-0.15, -0.1) is 0 Å². The Bertz CT molecular complexity index is 305. The van der Waals surface area contributed by atoms with Crippen molar-refractivity contribution in [3.63, 3.8) is 0 Å². The molecular weight excluding hydrogens is 226 g/mol. The van der Waals surface area contributed by atoms with Gasteiger partial charge in [-0.2, -0.15) is 0 Å². The van der Waals surface area contributed by atoms with E-state index in [1.54, 1.807) is 0 Å². The average molecular weight is 242 g/mol. The van der Waals surface area contributed by atoms with Crippen LogP contribution in [0.3, 0.4) is 0 Å². The third kappa shape index (κ3) is 2.55. The Kier molecular flexibility index (Phi) is 3.51. The molecule has 0 aliphatic heterocycles. The Hall–Kier alpha value is -0.340. The summed E-state index contributed by atoms with van der Waals surface area (Å²) in [6.07, 6.45) is 0.949. The summed E-state index contributed by atoms with van der Waals surface area (Å²) in [5.41, 5.74) is 9.71. The molecule has 0 aromatic heterocycles. The molecule has 2 heteroatoms. The monoisotopic (exact) mass is 241 g/mol. The van der Waals surface area contributed by atoms with E-state index < -0.39 is 0 Å². The minimum atomic E-state index is 0.230. The number of aryl methyl sites for hydroxylation is 1. The summed E-state index contributed by atoms with van der Waals surface area (Å²) >= 11 is 3.58. The molecule has 0 spiro atoms. The van der Waals surface area contributed by atoms with Gasteiger partial charge in [0, 0.05) is 10.5 Å². The lowest BCUT2D eigenvalue weighted by Crippen LogP contribution is -2.18.